The molecule has 0 N–H and O–H groups in total. The van der Waals surface area contributed by atoms with E-state index in [9.17, 15) is 0 Å². The quantitative estimate of drug-likeness (QED) is 0.575. The maximum absolute atomic E-state index is 2.32. The van der Waals surface area contributed by atoms with Crippen molar-refractivity contribution in [1.82, 2.24) is 0 Å². The summed E-state index contributed by atoms with van der Waals surface area (Å²) in [4.78, 5) is 0. The molecule has 1 rings (SSSR count). The van der Waals surface area contributed by atoms with Crippen LogP contribution in [0.5, 0.6) is 0 Å². The van der Waals surface area contributed by atoms with Crippen molar-refractivity contribution >= 4 is 0 Å². The van der Waals surface area contributed by atoms with Gasteiger partial charge in [0.05, 0.1) is 0 Å². The van der Waals surface area contributed by atoms with Crippen LogP contribution in [-0.4, -0.2) is 0 Å². The third kappa shape index (κ3) is 2.53. The average Bonchev–Trinajstić information content (AvgIpc) is 2.03. The van der Waals surface area contributed by atoms with E-state index in [0.29, 0.717) is 0 Å². The summed E-state index contributed by atoms with van der Waals surface area (Å²) >= 11 is 0. The van der Waals surface area contributed by atoms with Crippen molar-refractivity contribution in [3.05, 3.63) is 23.8 Å². The lowest BCUT2D eigenvalue weighted by Gasteiger charge is -2.16. The molecule has 1 atom stereocenters. The maximum atomic E-state index is 2.32. The Morgan fingerprint density at radius 2 is 2.36 bits per heavy atom. The molecule has 0 aromatic carbocycles. The fraction of sp³-hybridized carbons (Fsp3) is 0.636. The molecule has 1 aliphatic rings. The Balaban J connectivity index is 2.40. The number of unbranched alkanes of at least 4 members (excludes halogenated alkanes) is 1. The molecular formula is C11H18. The molecule has 62 valence electrons. The Morgan fingerprint density at radius 3 is 3.00 bits per heavy atom. The predicted molar refractivity (Wildman–Crippen MR) is 50.5 cm³/mol. The minimum Gasteiger partial charge on any atom is -0.0840 e. The van der Waals surface area contributed by atoms with Crippen molar-refractivity contribution in [2.24, 2.45) is 5.92 Å². The first-order chi connectivity index (χ1) is 5.34. The van der Waals surface area contributed by atoms with E-state index >= 15 is 0 Å². The molecule has 0 fully saturated rings. The Labute approximate surface area is 70.0 Å². The molecule has 0 radical (unpaired) electrons. The van der Waals surface area contributed by atoms with Gasteiger partial charge in [0.25, 0.3) is 0 Å². The van der Waals surface area contributed by atoms with Crippen molar-refractivity contribution in [3.8, 4) is 0 Å². The van der Waals surface area contributed by atoms with Gasteiger partial charge in [0.2, 0.25) is 0 Å². The van der Waals surface area contributed by atoms with Gasteiger partial charge < -0.3 is 0 Å². The van der Waals surface area contributed by atoms with E-state index in [4.69, 9.17) is 0 Å². The molecule has 1 aliphatic carbocycles. The molecule has 0 aromatic rings. The maximum Gasteiger partial charge on any atom is -0.0194 e. The molecule has 0 saturated heterocycles. The Bertz CT molecular complexity index is 163. The topological polar surface area (TPSA) is 0 Å². The van der Waals surface area contributed by atoms with Gasteiger partial charge in [-0.15, -0.1) is 0 Å². The van der Waals surface area contributed by atoms with Gasteiger partial charge in [0, 0.05) is 0 Å². The van der Waals surface area contributed by atoms with Gasteiger partial charge in [-0.3, -0.25) is 0 Å². The monoisotopic (exact) mass is 150 g/mol. The van der Waals surface area contributed by atoms with Crippen LogP contribution >= 0.6 is 0 Å². The van der Waals surface area contributed by atoms with Crippen LogP contribution in [0.1, 0.15) is 39.5 Å². The van der Waals surface area contributed by atoms with Gasteiger partial charge >= 0.3 is 0 Å². The van der Waals surface area contributed by atoms with E-state index in [-0.39, 0.29) is 0 Å². The smallest absolute Gasteiger partial charge is 0.0194 e. The molecule has 0 amide bonds. The van der Waals surface area contributed by atoms with Crippen LogP contribution < -0.4 is 0 Å². The summed E-state index contributed by atoms with van der Waals surface area (Å²) in [5, 5.41) is 0. The Kier molecular flexibility index (Phi) is 3.41. The molecule has 0 aliphatic heterocycles. The van der Waals surface area contributed by atoms with E-state index in [1.807, 2.05) is 0 Å². The van der Waals surface area contributed by atoms with Crippen LogP contribution in [0.15, 0.2) is 23.8 Å². The normalized spacial score (nSPS) is 23.5. The van der Waals surface area contributed by atoms with E-state index in [1.54, 1.807) is 5.57 Å². The number of hydrogen-bond donors (Lipinski definition) is 0. The summed E-state index contributed by atoms with van der Waals surface area (Å²) in [6.07, 6.45) is 12.0. The van der Waals surface area contributed by atoms with Gasteiger partial charge in [-0.05, 0) is 25.2 Å². The average molecular weight is 150 g/mol. The fourth-order valence-corrected chi connectivity index (χ4v) is 1.50. The summed E-state index contributed by atoms with van der Waals surface area (Å²) in [6, 6.07) is 0. The first-order valence-electron chi connectivity index (χ1n) is 4.70. The zero-order chi connectivity index (χ0) is 8.10. The van der Waals surface area contributed by atoms with Crippen LogP contribution in [-0.2, 0) is 0 Å². The predicted octanol–water partition coefficient (Wildman–Crippen LogP) is 3.70. The lowest BCUT2D eigenvalue weighted by Crippen LogP contribution is -2.00. The number of allylic oxidation sites excluding steroid dienone is 4. The third-order valence-corrected chi connectivity index (χ3v) is 2.39. The fourth-order valence-electron chi connectivity index (χ4n) is 1.50. The molecular weight excluding hydrogens is 132 g/mol. The van der Waals surface area contributed by atoms with Crippen LogP contribution in [0.2, 0.25) is 0 Å². The first-order valence-corrected chi connectivity index (χ1v) is 4.70. The largest absolute Gasteiger partial charge is 0.0840 e. The van der Waals surface area contributed by atoms with Crippen LogP contribution in [0.4, 0.5) is 0 Å². The van der Waals surface area contributed by atoms with Crippen molar-refractivity contribution in [3.63, 3.8) is 0 Å². The van der Waals surface area contributed by atoms with E-state index < -0.39 is 0 Å². The molecule has 0 spiro atoms. The van der Waals surface area contributed by atoms with E-state index in [2.05, 4.69) is 32.1 Å². The summed E-state index contributed by atoms with van der Waals surface area (Å²) in [5.74, 6) is 0.798. The Morgan fingerprint density at radius 1 is 1.55 bits per heavy atom. The van der Waals surface area contributed by atoms with Crippen molar-refractivity contribution in [2.75, 3.05) is 0 Å². The standard InChI is InChI=1S/C11H18/c1-3-4-8-11-9-6-5-7-10(11)2/h5-6,9-10H,3-4,7-8H2,1-2H3/t10-/m0/s1. The van der Waals surface area contributed by atoms with Gasteiger partial charge in [0.1, 0.15) is 0 Å². The highest BCUT2D eigenvalue weighted by Crippen LogP contribution is 2.23. The third-order valence-electron chi connectivity index (χ3n) is 2.39. The van der Waals surface area contributed by atoms with Gasteiger partial charge in [0.15, 0.2) is 0 Å². The van der Waals surface area contributed by atoms with Crippen molar-refractivity contribution in [1.29, 1.82) is 0 Å². The van der Waals surface area contributed by atoms with E-state index in [1.165, 1.54) is 25.7 Å². The second-order valence-corrected chi connectivity index (χ2v) is 3.41. The molecule has 0 heterocycles. The summed E-state index contributed by atoms with van der Waals surface area (Å²) < 4.78 is 0. The molecule has 0 unspecified atom stereocenters. The Hall–Kier alpha value is -0.520. The van der Waals surface area contributed by atoms with Gasteiger partial charge in [-0.25, -0.2) is 0 Å². The second-order valence-electron chi connectivity index (χ2n) is 3.41. The van der Waals surface area contributed by atoms with Crippen molar-refractivity contribution < 1.29 is 0 Å². The first kappa shape index (κ1) is 8.58. The SMILES string of the molecule is CCCCC1=CC=CC[C@@H]1C. The second kappa shape index (κ2) is 4.38. The molecule has 0 saturated carbocycles. The summed E-state index contributed by atoms with van der Waals surface area (Å²) in [6.45, 7) is 4.58. The number of rotatable bonds is 3. The zero-order valence-electron chi connectivity index (χ0n) is 7.64. The lowest BCUT2D eigenvalue weighted by atomic mass is 9.90. The minimum absolute atomic E-state index is 0.798. The van der Waals surface area contributed by atoms with Crippen LogP contribution in [0, 0.1) is 5.92 Å². The van der Waals surface area contributed by atoms with Crippen molar-refractivity contribution in [2.45, 2.75) is 39.5 Å². The van der Waals surface area contributed by atoms with Gasteiger partial charge in [-0.1, -0.05) is 44.1 Å². The van der Waals surface area contributed by atoms with E-state index in [0.717, 1.165) is 5.92 Å². The summed E-state index contributed by atoms with van der Waals surface area (Å²) in [5.41, 5.74) is 1.65. The molecule has 0 heteroatoms. The molecule has 0 aromatic heterocycles. The van der Waals surface area contributed by atoms with Crippen LogP contribution in [0.3, 0.4) is 0 Å². The zero-order valence-corrected chi connectivity index (χ0v) is 7.64. The highest BCUT2D eigenvalue weighted by atomic mass is 14.1. The minimum atomic E-state index is 0.798. The lowest BCUT2D eigenvalue weighted by molar-refractivity contribution is 0.626. The highest BCUT2D eigenvalue weighted by Gasteiger charge is 2.07. The van der Waals surface area contributed by atoms with Gasteiger partial charge in [-0.2, -0.15) is 0 Å². The van der Waals surface area contributed by atoms with Crippen LogP contribution in [0.25, 0.3) is 0 Å². The molecule has 0 bridgehead atoms. The molecule has 0 nitrogen and oxygen atoms in total. The summed E-state index contributed by atoms with van der Waals surface area (Å²) in [7, 11) is 0. The highest BCUT2D eigenvalue weighted by molar-refractivity contribution is 5.20. The number of hydrogen-bond acceptors (Lipinski definition) is 0. The molecule has 11 heavy (non-hydrogen) atoms.